The van der Waals surface area contributed by atoms with E-state index < -0.39 is 0 Å². The van der Waals surface area contributed by atoms with Gasteiger partial charge in [0.05, 0.1) is 11.7 Å². The smallest absolute Gasteiger partial charge is 0.174 e. The van der Waals surface area contributed by atoms with Gasteiger partial charge in [-0.05, 0) is 72.9 Å². The zero-order valence-corrected chi connectivity index (χ0v) is 16.7. The molecule has 1 saturated heterocycles. The largest absolute Gasteiger partial charge is 0.459 e. The van der Waals surface area contributed by atoms with Gasteiger partial charge < -0.3 is 14.6 Å². The van der Waals surface area contributed by atoms with Crippen molar-refractivity contribution >= 4 is 23.0 Å². The molecular formula is C24H18FN3OS. The Morgan fingerprint density at radius 2 is 1.67 bits per heavy atom. The fraction of sp³-hybridized carbons (Fsp3) is 0.0833. The highest BCUT2D eigenvalue weighted by atomic mass is 32.1. The zero-order chi connectivity index (χ0) is 20.5. The summed E-state index contributed by atoms with van der Waals surface area (Å²) in [5.74, 6) is 1.15. The van der Waals surface area contributed by atoms with Gasteiger partial charge in [-0.1, -0.05) is 24.3 Å². The molecule has 0 saturated carbocycles. The van der Waals surface area contributed by atoms with E-state index in [1.807, 2.05) is 60.7 Å². The molecule has 1 fully saturated rings. The summed E-state index contributed by atoms with van der Waals surface area (Å²) in [6.45, 7) is 0. The van der Waals surface area contributed by atoms with Crippen LogP contribution in [0.4, 0.5) is 10.1 Å². The van der Waals surface area contributed by atoms with Crippen molar-refractivity contribution < 1.29 is 8.81 Å². The van der Waals surface area contributed by atoms with Crippen molar-refractivity contribution in [3.05, 3.63) is 108 Å². The standard InChI is InChI=1S/C24H18FN3OS/c25-17-11-9-16(10-12-17)20-13-14-21(29-20)23-22(19-8-4-5-15-26-19)27-24(30)28(23)18-6-2-1-3-7-18/h1-15,22-23H,(H,27,30)/t22-,23+/m0/s1. The molecule has 1 N–H and O–H groups in total. The maximum atomic E-state index is 13.3. The fourth-order valence-corrected chi connectivity index (χ4v) is 4.14. The number of aromatic nitrogens is 1. The Morgan fingerprint density at radius 3 is 2.40 bits per heavy atom. The lowest BCUT2D eigenvalue weighted by atomic mass is 10.0. The van der Waals surface area contributed by atoms with Crippen LogP contribution in [0.1, 0.15) is 23.5 Å². The maximum absolute atomic E-state index is 13.3. The minimum Gasteiger partial charge on any atom is -0.459 e. The molecule has 1 aliphatic heterocycles. The van der Waals surface area contributed by atoms with Crippen molar-refractivity contribution in [1.29, 1.82) is 0 Å². The normalized spacial score (nSPS) is 18.4. The molecule has 0 spiro atoms. The molecule has 0 aliphatic carbocycles. The summed E-state index contributed by atoms with van der Waals surface area (Å²) in [5, 5.41) is 4.02. The molecule has 2 aromatic heterocycles. The second-order valence-electron chi connectivity index (χ2n) is 7.04. The molecule has 30 heavy (non-hydrogen) atoms. The van der Waals surface area contributed by atoms with Crippen molar-refractivity contribution in [1.82, 2.24) is 10.3 Å². The van der Waals surface area contributed by atoms with Crippen molar-refractivity contribution in [2.75, 3.05) is 4.90 Å². The molecule has 148 valence electrons. The first-order chi connectivity index (χ1) is 14.7. The van der Waals surface area contributed by atoms with E-state index in [2.05, 4.69) is 15.2 Å². The molecule has 2 atom stereocenters. The summed E-state index contributed by atoms with van der Waals surface area (Å²) >= 11 is 5.69. The molecule has 2 aromatic carbocycles. The average molecular weight is 415 g/mol. The van der Waals surface area contributed by atoms with Gasteiger partial charge in [-0.2, -0.15) is 0 Å². The Labute approximate surface area is 179 Å². The van der Waals surface area contributed by atoms with E-state index in [0.29, 0.717) is 10.9 Å². The molecule has 0 amide bonds. The Bertz CT molecular complexity index is 1160. The Balaban J connectivity index is 1.59. The van der Waals surface area contributed by atoms with Crippen LogP contribution in [-0.4, -0.2) is 10.1 Å². The van der Waals surface area contributed by atoms with E-state index in [4.69, 9.17) is 16.6 Å². The molecule has 3 heterocycles. The SMILES string of the molecule is Fc1ccc(-c2ccc([C@@H]3[C@H](c4ccccn4)NC(=S)N3c3ccccc3)o2)cc1. The number of nitrogens with one attached hydrogen (secondary N) is 1. The van der Waals surface area contributed by atoms with Crippen molar-refractivity contribution in [2.24, 2.45) is 0 Å². The molecular weight excluding hydrogens is 397 g/mol. The van der Waals surface area contributed by atoms with Crippen LogP contribution >= 0.6 is 12.2 Å². The first kappa shape index (κ1) is 18.5. The number of para-hydroxylation sites is 1. The maximum Gasteiger partial charge on any atom is 0.174 e. The van der Waals surface area contributed by atoms with E-state index in [0.717, 1.165) is 22.7 Å². The molecule has 0 radical (unpaired) electrons. The molecule has 0 bridgehead atoms. The summed E-state index contributed by atoms with van der Waals surface area (Å²) in [7, 11) is 0. The number of pyridine rings is 1. The third-order valence-corrected chi connectivity index (χ3v) is 5.49. The van der Waals surface area contributed by atoms with Crippen LogP contribution in [-0.2, 0) is 0 Å². The van der Waals surface area contributed by atoms with Crippen LogP contribution in [0.5, 0.6) is 0 Å². The minimum absolute atomic E-state index is 0.175. The number of hydrogen-bond acceptors (Lipinski definition) is 3. The third kappa shape index (κ3) is 3.35. The number of halogens is 1. The summed E-state index contributed by atoms with van der Waals surface area (Å²) in [6.07, 6.45) is 1.77. The van der Waals surface area contributed by atoms with Crippen LogP contribution in [0.2, 0.25) is 0 Å². The van der Waals surface area contributed by atoms with Gasteiger partial charge in [0.25, 0.3) is 0 Å². The predicted octanol–water partition coefficient (Wildman–Crippen LogP) is 5.66. The van der Waals surface area contributed by atoms with Crippen molar-refractivity contribution in [2.45, 2.75) is 12.1 Å². The van der Waals surface area contributed by atoms with Crippen molar-refractivity contribution in [3.8, 4) is 11.3 Å². The Kier molecular flexibility index (Phi) is 4.77. The number of benzene rings is 2. The molecule has 4 nitrogen and oxygen atoms in total. The summed E-state index contributed by atoms with van der Waals surface area (Å²) < 4.78 is 19.6. The molecule has 4 aromatic rings. The lowest BCUT2D eigenvalue weighted by Crippen LogP contribution is -2.29. The highest BCUT2D eigenvalue weighted by molar-refractivity contribution is 7.80. The number of thiocarbonyl (C=S) groups is 1. The number of nitrogens with zero attached hydrogens (tertiary/aromatic N) is 2. The summed E-state index contributed by atoms with van der Waals surface area (Å²) in [5.41, 5.74) is 2.66. The number of hydrogen-bond donors (Lipinski definition) is 1. The summed E-state index contributed by atoms with van der Waals surface area (Å²) in [6, 6.07) is 25.5. The number of anilines is 1. The lowest BCUT2D eigenvalue weighted by Gasteiger charge is -2.26. The van der Waals surface area contributed by atoms with Crippen LogP contribution in [0.15, 0.2) is 95.5 Å². The highest BCUT2D eigenvalue weighted by Gasteiger charge is 2.42. The van der Waals surface area contributed by atoms with Crippen LogP contribution in [0.25, 0.3) is 11.3 Å². The topological polar surface area (TPSA) is 41.3 Å². The van der Waals surface area contributed by atoms with Crippen LogP contribution in [0.3, 0.4) is 0 Å². The molecule has 1 aliphatic rings. The van der Waals surface area contributed by atoms with Gasteiger partial charge in [-0.25, -0.2) is 4.39 Å². The number of furan rings is 1. The van der Waals surface area contributed by atoms with Gasteiger partial charge in [0.15, 0.2) is 5.11 Å². The second kappa shape index (κ2) is 7.72. The van der Waals surface area contributed by atoms with Gasteiger partial charge >= 0.3 is 0 Å². The first-order valence-electron chi connectivity index (χ1n) is 9.62. The highest BCUT2D eigenvalue weighted by Crippen LogP contribution is 2.42. The molecule has 6 heteroatoms. The molecule has 0 unspecified atom stereocenters. The van der Waals surface area contributed by atoms with E-state index in [-0.39, 0.29) is 17.9 Å². The van der Waals surface area contributed by atoms with Gasteiger partial charge in [0, 0.05) is 17.4 Å². The fourth-order valence-electron chi connectivity index (χ4n) is 3.79. The van der Waals surface area contributed by atoms with Gasteiger partial charge in [0.2, 0.25) is 0 Å². The van der Waals surface area contributed by atoms with Crippen molar-refractivity contribution in [3.63, 3.8) is 0 Å². The van der Waals surface area contributed by atoms with E-state index >= 15 is 0 Å². The molecule has 5 rings (SSSR count). The van der Waals surface area contributed by atoms with E-state index in [9.17, 15) is 4.39 Å². The quantitative estimate of drug-likeness (QED) is 0.436. The lowest BCUT2D eigenvalue weighted by molar-refractivity contribution is 0.439. The second-order valence-corrected chi connectivity index (χ2v) is 7.43. The van der Waals surface area contributed by atoms with Crippen LogP contribution < -0.4 is 10.2 Å². The Hall–Kier alpha value is -3.51. The van der Waals surface area contributed by atoms with Gasteiger partial charge in [-0.3, -0.25) is 4.98 Å². The van der Waals surface area contributed by atoms with Crippen LogP contribution in [0, 0.1) is 5.82 Å². The summed E-state index contributed by atoms with van der Waals surface area (Å²) in [4.78, 5) is 6.60. The first-order valence-corrected chi connectivity index (χ1v) is 10.0. The minimum atomic E-state index is -0.277. The predicted molar refractivity (Wildman–Crippen MR) is 118 cm³/mol. The monoisotopic (exact) mass is 415 g/mol. The number of rotatable bonds is 4. The Morgan fingerprint density at radius 1 is 0.900 bits per heavy atom. The zero-order valence-electron chi connectivity index (χ0n) is 15.9. The average Bonchev–Trinajstić information content (AvgIpc) is 3.40. The third-order valence-electron chi connectivity index (χ3n) is 5.18. The van der Waals surface area contributed by atoms with Gasteiger partial charge in [0.1, 0.15) is 23.4 Å². The van der Waals surface area contributed by atoms with Gasteiger partial charge in [-0.15, -0.1) is 0 Å². The van der Waals surface area contributed by atoms with E-state index in [1.54, 1.807) is 18.3 Å². The van der Waals surface area contributed by atoms with E-state index in [1.165, 1.54) is 12.1 Å².